The van der Waals surface area contributed by atoms with E-state index in [9.17, 15) is 8.42 Å². The molecule has 0 N–H and O–H groups in total. The first-order valence-electron chi connectivity index (χ1n) is 12.1. The predicted octanol–water partition coefficient (Wildman–Crippen LogP) is 5.07. The van der Waals surface area contributed by atoms with Crippen LogP contribution in [0.1, 0.15) is 33.6 Å². The summed E-state index contributed by atoms with van der Waals surface area (Å²) < 4.78 is 41.3. The number of aromatic nitrogens is 1. The normalized spacial score (nSPS) is 21.0. The molecule has 0 unspecified atom stereocenters. The number of pyridine rings is 1. The molecule has 2 fully saturated rings. The predicted molar refractivity (Wildman–Crippen MR) is 145 cm³/mol. The van der Waals surface area contributed by atoms with Crippen molar-refractivity contribution in [2.45, 2.75) is 62.7 Å². The molecule has 1 aliphatic carbocycles. The minimum Gasteiger partial charge on any atom is -0.468 e. The number of halogens is 1. The van der Waals surface area contributed by atoms with Gasteiger partial charge in [-0.1, -0.05) is 20.8 Å². The third-order valence-electron chi connectivity index (χ3n) is 7.17. The van der Waals surface area contributed by atoms with Gasteiger partial charge in [0, 0.05) is 44.4 Å². The molecule has 1 aromatic heterocycles. The van der Waals surface area contributed by atoms with Crippen LogP contribution in [0.2, 0.25) is 18.1 Å². The molecule has 3 heterocycles. The quantitative estimate of drug-likeness (QED) is 0.315. The van der Waals surface area contributed by atoms with Gasteiger partial charge in [-0.3, -0.25) is 0 Å². The molecule has 0 radical (unpaired) electrons. The van der Waals surface area contributed by atoms with Gasteiger partial charge in [-0.2, -0.15) is 9.29 Å². The molecule has 2 saturated heterocycles. The van der Waals surface area contributed by atoms with Crippen LogP contribution >= 0.6 is 15.9 Å². The molecule has 10 heteroatoms. The van der Waals surface area contributed by atoms with Crippen LogP contribution in [0.3, 0.4) is 0 Å². The zero-order valence-corrected chi connectivity index (χ0v) is 24.6. The van der Waals surface area contributed by atoms with Gasteiger partial charge < -0.3 is 14.1 Å². The van der Waals surface area contributed by atoms with E-state index in [2.05, 4.69) is 60.8 Å². The van der Waals surface area contributed by atoms with Crippen molar-refractivity contribution in [2.24, 2.45) is 0 Å². The van der Waals surface area contributed by atoms with Crippen LogP contribution < -0.4 is 9.64 Å². The molecule has 4 rings (SSSR count). The summed E-state index contributed by atoms with van der Waals surface area (Å²) in [6, 6.07) is 1.64. The van der Waals surface area contributed by atoms with Crippen LogP contribution in [0.15, 0.2) is 45.3 Å². The summed E-state index contributed by atoms with van der Waals surface area (Å²) in [6.07, 6.45) is 12.5. The maximum absolute atomic E-state index is 13.3. The maximum Gasteiger partial charge on any atom is 0.248 e. The summed E-state index contributed by atoms with van der Waals surface area (Å²) in [5, 5.41) is 0.140. The highest BCUT2D eigenvalue weighted by Crippen LogP contribution is 2.40. The first-order chi connectivity index (χ1) is 16.4. The van der Waals surface area contributed by atoms with E-state index in [1.54, 1.807) is 6.07 Å². The number of nitrogens with zero attached hydrogens (tertiary/aromatic N) is 3. The van der Waals surface area contributed by atoms with E-state index in [4.69, 9.17) is 14.1 Å². The monoisotopic (exact) mass is 580 g/mol. The van der Waals surface area contributed by atoms with E-state index in [0.29, 0.717) is 29.9 Å². The first kappa shape index (κ1) is 26.5. The fourth-order valence-electron chi connectivity index (χ4n) is 3.90. The van der Waals surface area contributed by atoms with Crippen molar-refractivity contribution >= 4 is 40.1 Å². The zero-order chi connectivity index (χ0) is 25.4. The van der Waals surface area contributed by atoms with Crippen molar-refractivity contribution < 1.29 is 17.6 Å². The molecule has 2 aliphatic heterocycles. The molecular formula is C25H35BrN3O4SSi+. The largest absolute Gasteiger partial charge is 0.468 e. The molecular weight excluding hydrogens is 546 g/mol. The van der Waals surface area contributed by atoms with E-state index in [-0.39, 0.29) is 28.5 Å². The summed E-state index contributed by atoms with van der Waals surface area (Å²) >= 11 is 3.60. The Bertz CT molecular complexity index is 1150. The highest BCUT2D eigenvalue weighted by atomic mass is 79.9. The van der Waals surface area contributed by atoms with E-state index in [1.807, 2.05) is 24.3 Å². The van der Waals surface area contributed by atoms with Gasteiger partial charge >= 0.3 is 0 Å². The fourth-order valence-corrected chi connectivity index (χ4v) is 7.61. The van der Waals surface area contributed by atoms with Gasteiger partial charge in [-0.25, -0.2) is 8.42 Å². The third-order valence-corrected chi connectivity index (χ3v) is 14.2. The lowest BCUT2D eigenvalue weighted by molar-refractivity contribution is 0.202. The second kappa shape index (κ2) is 10.1. The van der Waals surface area contributed by atoms with Gasteiger partial charge in [0.05, 0.1) is 16.7 Å². The van der Waals surface area contributed by atoms with Gasteiger partial charge in [0.15, 0.2) is 13.9 Å². The van der Waals surface area contributed by atoms with Crippen LogP contribution in [0.25, 0.3) is 0 Å². The highest BCUT2D eigenvalue weighted by molar-refractivity contribution is 9.10. The van der Waals surface area contributed by atoms with Gasteiger partial charge in [0.1, 0.15) is 23.4 Å². The summed E-state index contributed by atoms with van der Waals surface area (Å²) in [4.78, 5) is 7.00. The Morgan fingerprint density at radius 3 is 2.57 bits per heavy atom. The second-order valence-electron chi connectivity index (χ2n) is 10.8. The molecule has 0 amide bonds. The van der Waals surface area contributed by atoms with Crippen molar-refractivity contribution in [3.05, 3.63) is 46.5 Å². The minimum atomic E-state index is -3.68. The van der Waals surface area contributed by atoms with Crippen LogP contribution in [0, 0.1) is 6.08 Å². The number of anilines is 1. The Morgan fingerprint density at radius 2 is 1.97 bits per heavy atom. The van der Waals surface area contributed by atoms with E-state index in [1.165, 1.54) is 4.31 Å². The molecule has 0 spiro atoms. The number of hydrogen-bond donors (Lipinski definition) is 0. The first-order valence-corrected chi connectivity index (χ1v) is 17.2. The number of allylic oxidation sites excluding steroid dienone is 4. The number of rotatable bonds is 8. The topological polar surface area (TPSA) is 72.0 Å². The average Bonchev–Trinajstić information content (AvgIpc) is 3.18. The van der Waals surface area contributed by atoms with Crippen molar-refractivity contribution in [1.82, 2.24) is 9.29 Å². The molecule has 0 saturated carbocycles. The minimum absolute atomic E-state index is 0.0945. The Hall–Kier alpha value is -1.55. The van der Waals surface area contributed by atoms with Crippen LogP contribution in [-0.2, 0) is 14.4 Å². The van der Waals surface area contributed by atoms with Crippen LogP contribution in [0.5, 0.6) is 5.88 Å². The van der Waals surface area contributed by atoms with Crippen molar-refractivity contribution in [3.63, 3.8) is 0 Å². The third kappa shape index (κ3) is 5.73. The SMILES string of the molecule is CC(C)(C)[Si](C)(C)O[C@H]1CCN(c2nc(OCC3=CC=CC=[C+]3)c(S(=O)(=O)N3CCC3)cc2Br)C1. The van der Waals surface area contributed by atoms with Gasteiger partial charge in [0.2, 0.25) is 15.9 Å². The molecule has 190 valence electrons. The van der Waals surface area contributed by atoms with E-state index < -0.39 is 18.3 Å². The molecule has 0 aromatic carbocycles. The van der Waals surface area contributed by atoms with E-state index >= 15 is 0 Å². The van der Waals surface area contributed by atoms with E-state index in [0.717, 1.165) is 25.0 Å². The second-order valence-corrected chi connectivity index (χ2v) is 18.3. The number of ether oxygens (including phenoxy) is 1. The molecule has 0 bridgehead atoms. The lowest BCUT2D eigenvalue weighted by Gasteiger charge is -2.38. The average molecular weight is 582 g/mol. The Morgan fingerprint density at radius 1 is 1.23 bits per heavy atom. The fraction of sp³-hybridized carbons (Fsp3) is 0.560. The summed E-state index contributed by atoms with van der Waals surface area (Å²) in [6.45, 7) is 14.0. The maximum atomic E-state index is 13.3. The molecule has 35 heavy (non-hydrogen) atoms. The summed E-state index contributed by atoms with van der Waals surface area (Å²) in [5.41, 5.74) is 0.829. The van der Waals surface area contributed by atoms with Gasteiger partial charge in [-0.05, 0) is 53.0 Å². The molecule has 3 aliphatic rings. The van der Waals surface area contributed by atoms with Gasteiger partial charge in [-0.15, -0.1) is 0 Å². The Balaban J connectivity index is 1.60. The smallest absolute Gasteiger partial charge is 0.248 e. The lowest BCUT2D eigenvalue weighted by Crippen LogP contribution is -2.44. The number of sulfonamides is 1. The van der Waals surface area contributed by atoms with Crippen molar-refractivity contribution in [2.75, 3.05) is 37.7 Å². The summed E-state index contributed by atoms with van der Waals surface area (Å²) in [7, 11) is -5.57. The van der Waals surface area contributed by atoms with Crippen LogP contribution in [0.4, 0.5) is 5.82 Å². The lowest BCUT2D eigenvalue weighted by atomic mass is 10.2. The Labute approximate surface area is 219 Å². The standard InChI is InChI=1S/C25H35BrN3O4SSi/c1-25(2,3)35(4,5)33-20-12-15-28(17-20)23-21(26)16-22(34(30,31)29-13-9-14-29)24(27-23)32-18-19-10-7-6-8-11-19/h6-8,10,16,20H,9,12-15,17-18H2,1-5H3/q+1/t20-/m0/s1. The Kier molecular flexibility index (Phi) is 7.63. The molecule has 1 atom stereocenters. The highest BCUT2D eigenvalue weighted by Gasteiger charge is 2.41. The van der Waals surface area contributed by atoms with Crippen molar-refractivity contribution in [3.8, 4) is 5.88 Å². The molecule has 1 aromatic rings. The van der Waals surface area contributed by atoms with Gasteiger partial charge in [0.25, 0.3) is 0 Å². The van der Waals surface area contributed by atoms with Crippen molar-refractivity contribution in [1.29, 1.82) is 0 Å². The number of hydrogen-bond acceptors (Lipinski definition) is 6. The summed E-state index contributed by atoms with van der Waals surface area (Å²) in [5.74, 6) is 0.807. The van der Waals surface area contributed by atoms with Crippen LogP contribution in [-0.4, -0.2) is 64.9 Å². The zero-order valence-electron chi connectivity index (χ0n) is 21.2. The molecule has 7 nitrogen and oxygen atoms in total.